The van der Waals surface area contributed by atoms with Gasteiger partial charge in [-0.05, 0) is 51.4 Å². The molecule has 326 valence electrons. The van der Waals surface area contributed by atoms with Crippen molar-refractivity contribution >= 4 is 25.7 Å². The van der Waals surface area contributed by atoms with Crippen LogP contribution in [-0.2, 0) is 37.5 Å². The Bertz CT molecular complexity index is 1240. The Kier molecular flexibility index (Phi) is 37.6. The summed E-state index contributed by atoms with van der Waals surface area (Å²) in [4.78, 5) is 45.9. The van der Waals surface area contributed by atoms with Crippen molar-refractivity contribution in [2.75, 3.05) is 19.8 Å². The van der Waals surface area contributed by atoms with Gasteiger partial charge < -0.3 is 25.2 Å². The highest BCUT2D eigenvalue weighted by molar-refractivity contribution is 7.47. The third-order valence-electron chi connectivity index (χ3n) is 8.73. The number of carboxylic acid groups (broad SMARTS) is 1. The second-order valence-corrected chi connectivity index (χ2v) is 15.6. The van der Waals surface area contributed by atoms with Crippen LogP contribution in [0.25, 0.3) is 0 Å². The number of hydrogen-bond acceptors (Lipinski definition) is 9. The molecule has 0 radical (unpaired) electrons. The number of hydrogen-bond donors (Lipinski definition) is 3. The summed E-state index contributed by atoms with van der Waals surface area (Å²) < 4.78 is 32.6. The van der Waals surface area contributed by atoms with Gasteiger partial charge in [-0.15, -0.1) is 0 Å². The highest BCUT2D eigenvalue weighted by Gasteiger charge is 2.28. The van der Waals surface area contributed by atoms with E-state index in [1.165, 1.54) is 64.2 Å². The van der Waals surface area contributed by atoms with Crippen LogP contribution in [0, 0.1) is 0 Å². The van der Waals surface area contributed by atoms with Gasteiger partial charge in [0.2, 0.25) is 0 Å². The minimum Gasteiger partial charge on any atom is -0.480 e. The zero-order chi connectivity index (χ0) is 42.1. The van der Waals surface area contributed by atoms with Gasteiger partial charge >= 0.3 is 25.7 Å². The number of rotatable bonds is 39. The number of unbranched alkanes of at least 4 members (excludes halogenated alkanes) is 13. The maximum Gasteiger partial charge on any atom is 0.472 e. The van der Waals surface area contributed by atoms with Crippen molar-refractivity contribution in [3.63, 3.8) is 0 Å². The lowest BCUT2D eigenvalue weighted by Crippen LogP contribution is -2.34. The van der Waals surface area contributed by atoms with E-state index in [2.05, 4.69) is 73.1 Å². The van der Waals surface area contributed by atoms with E-state index >= 15 is 0 Å². The van der Waals surface area contributed by atoms with Gasteiger partial charge in [0.25, 0.3) is 0 Å². The number of esters is 2. The van der Waals surface area contributed by atoms with E-state index in [-0.39, 0.29) is 19.4 Å². The first-order valence-electron chi connectivity index (χ1n) is 21.5. The number of phosphoric acid groups is 1. The molecule has 0 aromatic heterocycles. The van der Waals surface area contributed by atoms with E-state index in [9.17, 15) is 23.8 Å². The SMILES string of the molecule is CC/C=C/C/C=C/C/C=C/C/C=C/C/C=C/C/C=C/CCC(=O)O[C@H](COC(=O)CCCCCCCCCCCCCCCC)COP(=O)(O)OC[C@H](N)C(=O)O. The Labute approximate surface area is 344 Å². The van der Waals surface area contributed by atoms with Crippen LogP contribution >= 0.6 is 7.82 Å². The fraction of sp³-hybridized carbons (Fsp3) is 0.667. The Morgan fingerprint density at radius 2 is 0.982 bits per heavy atom. The maximum atomic E-state index is 12.6. The Morgan fingerprint density at radius 1 is 0.561 bits per heavy atom. The fourth-order valence-electron chi connectivity index (χ4n) is 5.38. The molecule has 0 heterocycles. The van der Waals surface area contributed by atoms with Gasteiger partial charge in [0.1, 0.15) is 12.6 Å². The van der Waals surface area contributed by atoms with E-state index in [4.69, 9.17) is 24.8 Å². The van der Waals surface area contributed by atoms with Crippen LogP contribution < -0.4 is 5.73 Å². The first kappa shape index (κ1) is 53.9. The predicted octanol–water partition coefficient (Wildman–Crippen LogP) is 11.3. The Morgan fingerprint density at radius 3 is 1.44 bits per heavy atom. The molecule has 11 nitrogen and oxygen atoms in total. The lowest BCUT2D eigenvalue weighted by atomic mass is 10.0. The highest BCUT2D eigenvalue weighted by Crippen LogP contribution is 2.43. The number of carboxylic acids is 1. The number of allylic oxidation sites excluding steroid dienone is 12. The zero-order valence-corrected chi connectivity index (χ0v) is 36.0. The molecule has 0 aromatic rings. The van der Waals surface area contributed by atoms with Crippen LogP contribution in [0.3, 0.4) is 0 Å². The van der Waals surface area contributed by atoms with Gasteiger partial charge in [-0.1, -0.05) is 170 Å². The zero-order valence-electron chi connectivity index (χ0n) is 35.2. The van der Waals surface area contributed by atoms with Gasteiger partial charge in [0.05, 0.1) is 13.2 Å². The van der Waals surface area contributed by atoms with Gasteiger partial charge in [0.15, 0.2) is 6.10 Å². The number of ether oxygens (including phenoxy) is 2. The van der Waals surface area contributed by atoms with Crippen LogP contribution in [0.15, 0.2) is 72.9 Å². The molecular weight excluding hydrogens is 745 g/mol. The first-order valence-corrected chi connectivity index (χ1v) is 23.0. The van der Waals surface area contributed by atoms with E-state index < -0.39 is 51.1 Å². The molecule has 0 aliphatic carbocycles. The van der Waals surface area contributed by atoms with E-state index in [1.54, 1.807) is 0 Å². The molecule has 0 spiro atoms. The summed E-state index contributed by atoms with van der Waals surface area (Å²) in [6, 6.07) is -1.53. The van der Waals surface area contributed by atoms with Crippen LogP contribution in [0.5, 0.6) is 0 Å². The monoisotopic (exact) mass is 822 g/mol. The molecule has 0 saturated heterocycles. The average Bonchev–Trinajstić information content (AvgIpc) is 3.19. The van der Waals surface area contributed by atoms with Crippen molar-refractivity contribution in [1.82, 2.24) is 0 Å². The fourth-order valence-corrected chi connectivity index (χ4v) is 6.16. The summed E-state index contributed by atoms with van der Waals surface area (Å²) in [5.74, 6) is -2.49. The number of carbonyl (C=O) groups excluding carboxylic acids is 2. The number of carbonyl (C=O) groups is 3. The highest BCUT2D eigenvalue weighted by atomic mass is 31.2. The minimum atomic E-state index is -4.74. The molecular formula is C45H76NO10P. The van der Waals surface area contributed by atoms with Crippen molar-refractivity contribution in [1.29, 1.82) is 0 Å². The summed E-state index contributed by atoms with van der Waals surface area (Å²) >= 11 is 0. The topological polar surface area (TPSA) is 172 Å². The standard InChI is InChI=1S/C45H76NO10P/c1-3-5-7-9-11-13-15-17-19-20-21-22-23-25-27-29-31-33-35-37-44(48)56-41(39-54-57(51,52)55-40-42(46)45(49)50)38-53-43(47)36-34-32-30-28-26-24-18-16-14-12-10-8-6-4-2/h5,7,11,13,17,19,21-22,25,27,31,33,41-42H,3-4,6,8-10,12,14-16,18,20,23-24,26,28-30,32,34-40,46H2,1-2H3,(H,49,50)(H,51,52)/b7-5+,13-11+,19-17+,22-21+,27-25+,33-31+/t41-,42+/m1/s1. The molecule has 4 N–H and O–H groups in total. The smallest absolute Gasteiger partial charge is 0.472 e. The molecule has 0 saturated carbocycles. The molecule has 57 heavy (non-hydrogen) atoms. The van der Waals surface area contributed by atoms with Crippen molar-refractivity contribution in [3.8, 4) is 0 Å². The Balaban J connectivity index is 4.51. The van der Waals surface area contributed by atoms with Crippen molar-refractivity contribution in [2.45, 2.75) is 174 Å². The van der Waals surface area contributed by atoms with Crippen molar-refractivity contribution in [3.05, 3.63) is 72.9 Å². The minimum absolute atomic E-state index is 0.0341. The first-order chi connectivity index (χ1) is 27.6. The van der Waals surface area contributed by atoms with E-state index in [0.717, 1.165) is 51.4 Å². The molecule has 0 aliphatic rings. The van der Waals surface area contributed by atoms with Crippen LogP contribution in [0.1, 0.15) is 162 Å². The molecule has 0 fully saturated rings. The largest absolute Gasteiger partial charge is 0.480 e. The molecule has 0 rings (SSSR count). The van der Waals surface area contributed by atoms with Crippen molar-refractivity contribution in [2.24, 2.45) is 5.73 Å². The maximum absolute atomic E-state index is 12.6. The summed E-state index contributed by atoms with van der Waals surface area (Å²) in [5, 5.41) is 8.88. The molecule has 0 amide bonds. The van der Waals surface area contributed by atoms with Crippen LogP contribution in [0.4, 0.5) is 0 Å². The molecule has 0 aliphatic heterocycles. The van der Waals surface area contributed by atoms with Crippen LogP contribution in [-0.4, -0.2) is 59.9 Å². The summed E-state index contributed by atoms with van der Waals surface area (Å²) in [7, 11) is -4.74. The van der Waals surface area contributed by atoms with Crippen LogP contribution in [0.2, 0.25) is 0 Å². The predicted molar refractivity (Wildman–Crippen MR) is 231 cm³/mol. The van der Waals surface area contributed by atoms with Gasteiger partial charge in [-0.3, -0.25) is 23.4 Å². The number of nitrogens with two attached hydrogens (primary N) is 1. The molecule has 0 aromatic carbocycles. The average molecular weight is 822 g/mol. The van der Waals surface area contributed by atoms with Gasteiger partial charge in [-0.25, -0.2) is 4.57 Å². The second-order valence-electron chi connectivity index (χ2n) is 14.1. The van der Waals surface area contributed by atoms with E-state index in [0.29, 0.717) is 19.3 Å². The molecule has 1 unspecified atom stereocenters. The van der Waals surface area contributed by atoms with Gasteiger partial charge in [0, 0.05) is 12.8 Å². The third-order valence-corrected chi connectivity index (χ3v) is 9.68. The number of aliphatic carboxylic acids is 1. The van der Waals surface area contributed by atoms with E-state index in [1.807, 2.05) is 18.2 Å². The summed E-state index contributed by atoms with van der Waals surface area (Å²) in [6.45, 7) is 2.60. The molecule has 0 bridgehead atoms. The molecule has 3 atom stereocenters. The Hall–Kier alpha value is -3.08. The normalized spacial score (nSPS) is 14.5. The van der Waals surface area contributed by atoms with Crippen molar-refractivity contribution < 1.29 is 47.5 Å². The number of phosphoric ester groups is 1. The lowest BCUT2D eigenvalue weighted by molar-refractivity contribution is -0.161. The summed E-state index contributed by atoms with van der Waals surface area (Å²) in [6.07, 6.45) is 47.0. The third kappa shape index (κ3) is 39.5. The summed E-state index contributed by atoms with van der Waals surface area (Å²) in [5.41, 5.74) is 5.32. The second kappa shape index (κ2) is 39.7. The van der Waals surface area contributed by atoms with Gasteiger partial charge in [-0.2, -0.15) is 0 Å². The lowest BCUT2D eigenvalue weighted by Gasteiger charge is -2.20. The molecule has 12 heteroatoms. The quantitative estimate of drug-likeness (QED) is 0.0233.